The van der Waals surface area contributed by atoms with Gasteiger partial charge < -0.3 is 14.2 Å². The number of hydrogen-bond acceptors (Lipinski definition) is 3. The van der Waals surface area contributed by atoms with Crippen molar-refractivity contribution in [2.45, 2.75) is 13.0 Å². The van der Waals surface area contributed by atoms with Crippen molar-refractivity contribution in [3.8, 4) is 17.2 Å². The maximum atomic E-state index is 5.73. The zero-order valence-electron chi connectivity index (χ0n) is 11.2. The van der Waals surface area contributed by atoms with Crippen LogP contribution in [0.4, 0.5) is 0 Å². The molecule has 0 bridgehead atoms. The van der Waals surface area contributed by atoms with Crippen LogP contribution in [-0.4, -0.2) is 19.8 Å². The van der Waals surface area contributed by atoms with Gasteiger partial charge in [0.15, 0.2) is 0 Å². The Balaban J connectivity index is 1.81. The molecule has 0 heterocycles. The second-order valence-corrected chi connectivity index (χ2v) is 4.23. The van der Waals surface area contributed by atoms with Crippen molar-refractivity contribution in [1.29, 1.82) is 0 Å². The molecule has 0 aromatic heterocycles. The highest BCUT2D eigenvalue weighted by atomic mass is 16.5. The fourth-order valence-electron chi connectivity index (χ4n) is 1.65. The third-order valence-corrected chi connectivity index (χ3v) is 2.62. The number of methoxy groups -OCH3 is 1. The molecule has 0 saturated heterocycles. The summed E-state index contributed by atoms with van der Waals surface area (Å²) in [5, 5.41) is 0. The van der Waals surface area contributed by atoms with Gasteiger partial charge >= 0.3 is 0 Å². The molecular formula is C16H18O3. The van der Waals surface area contributed by atoms with Crippen LogP contribution in [-0.2, 0) is 0 Å². The van der Waals surface area contributed by atoms with Crippen LogP contribution < -0.4 is 14.2 Å². The first kappa shape index (κ1) is 13.3. The van der Waals surface area contributed by atoms with Gasteiger partial charge in [-0.3, -0.25) is 0 Å². The second-order valence-electron chi connectivity index (χ2n) is 4.23. The summed E-state index contributed by atoms with van der Waals surface area (Å²) in [6.45, 7) is 2.48. The molecule has 0 radical (unpaired) electrons. The maximum absolute atomic E-state index is 5.73. The Kier molecular flexibility index (Phi) is 4.67. The Bertz CT molecular complexity index is 479. The van der Waals surface area contributed by atoms with Gasteiger partial charge in [-0.25, -0.2) is 0 Å². The second kappa shape index (κ2) is 6.69. The van der Waals surface area contributed by atoms with E-state index < -0.39 is 0 Å². The van der Waals surface area contributed by atoms with E-state index in [0.717, 1.165) is 17.2 Å². The van der Waals surface area contributed by atoms with Gasteiger partial charge in [0.25, 0.3) is 0 Å². The fourth-order valence-corrected chi connectivity index (χ4v) is 1.65. The van der Waals surface area contributed by atoms with Gasteiger partial charge in [0.2, 0.25) is 0 Å². The predicted octanol–water partition coefficient (Wildman–Crippen LogP) is 3.54. The first-order chi connectivity index (χ1) is 9.28. The van der Waals surface area contributed by atoms with Crippen molar-refractivity contribution in [2.75, 3.05) is 13.7 Å². The number of benzene rings is 2. The Morgan fingerprint density at radius 1 is 0.842 bits per heavy atom. The van der Waals surface area contributed by atoms with Crippen LogP contribution in [0.5, 0.6) is 17.2 Å². The lowest BCUT2D eigenvalue weighted by Gasteiger charge is -2.15. The van der Waals surface area contributed by atoms with E-state index in [-0.39, 0.29) is 6.10 Å². The average molecular weight is 258 g/mol. The summed E-state index contributed by atoms with van der Waals surface area (Å²) in [6, 6.07) is 17.2. The Hall–Kier alpha value is -2.16. The van der Waals surface area contributed by atoms with Crippen LogP contribution in [0.2, 0.25) is 0 Å². The molecule has 0 N–H and O–H groups in total. The summed E-state index contributed by atoms with van der Waals surface area (Å²) in [4.78, 5) is 0. The summed E-state index contributed by atoms with van der Waals surface area (Å²) in [7, 11) is 1.64. The van der Waals surface area contributed by atoms with Crippen molar-refractivity contribution in [3.05, 3.63) is 54.6 Å². The highest BCUT2D eigenvalue weighted by Crippen LogP contribution is 2.17. The van der Waals surface area contributed by atoms with Crippen LogP contribution >= 0.6 is 0 Å². The van der Waals surface area contributed by atoms with Crippen molar-refractivity contribution in [2.24, 2.45) is 0 Å². The SMILES string of the molecule is COc1ccc(OCC(C)Oc2ccccc2)cc1. The van der Waals surface area contributed by atoms with Crippen molar-refractivity contribution >= 4 is 0 Å². The van der Waals surface area contributed by atoms with Crippen LogP contribution in [0.25, 0.3) is 0 Å². The first-order valence-corrected chi connectivity index (χ1v) is 6.26. The minimum Gasteiger partial charge on any atom is -0.497 e. The molecule has 2 aromatic carbocycles. The molecule has 0 amide bonds. The molecule has 19 heavy (non-hydrogen) atoms. The van der Waals surface area contributed by atoms with Crippen LogP contribution in [0, 0.1) is 0 Å². The van der Waals surface area contributed by atoms with Gasteiger partial charge in [0.05, 0.1) is 7.11 Å². The number of rotatable bonds is 6. The number of ether oxygens (including phenoxy) is 3. The summed E-state index contributed by atoms with van der Waals surface area (Å²) in [6.07, 6.45) is -0.00972. The van der Waals surface area contributed by atoms with E-state index in [1.165, 1.54) is 0 Å². The third kappa shape index (κ3) is 4.21. The monoisotopic (exact) mass is 258 g/mol. The molecule has 0 aliphatic rings. The van der Waals surface area contributed by atoms with Gasteiger partial charge in [0.1, 0.15) is 30.0 Å². The first-order valence-electron chi connectivity index (χ1n) is 6.26. The number of para-hydroxylation sites is 1. The summed E-state index contributed by atoms with van der Waals surface area (Å²) >= 11 is 0. The lowest BCUT2D eigenvalue weighted by molar-refractivity contribution is 0.143. The molecule has 0 spiro atoms. The van der Waals surface area contributed by atoms with Gasteiger partial charge in [-0.2, -0.15) is 0 Å². The fraction of sp³-hybridized carbons (Fsp3) is 0.250. The van der Waals surface area contributed by atoms with Gasteiger partial charge in [-0.1, -0.05) is 18.2 Å². The molecule has 1 unspecified atom stereocenters. The van der Waals surface area contributed by atoms with Gasteiger partial charge in [-0.05, 0) is 43.3 Å². The van der Waals surface area contributed by atoms with E-state index in [2.05, 4.69) is 0 Å². The molecular weight excluding hydrogens is 240 g/mol. The molecule has 100 valence electrons. The lowest BCUT2D eigenvalue weighted by atomic mass is 10.3. The normalized spacial score (nSPS) is 11.7. The van der Waals surface area contributed by atoms with Crippen LogP contribution in [0.3, 0.4) is 0 Å². The summed E-state index contributed by atoms with van der Waals surface area (Å²) in [5.74, 6) is 2.48. The van der Waals surface area contributed by atoms with Gasteiger partial charge in [0, 0.05) is 0 Å². The molecule has 3 heteroatoms. The van der Waals surface area contributed by atoms with Crippen molar-refractivity contribution in [1.82, 2.24) is 0 Å². The molecule has 0 aliphatic heterocycles. The molecule has 2 aromatic rings. The quantitative estimate of drug-likeness (QED) is 0.793. The zero-order chi connectivity index (χ0) is 13.5. The van der Waals surface area contributed by atoms with Crippen LogP contribution in [0.15, 0.2) is 54.6 Å². The topological polar surface area (TPSA) is 27.7 Å². The Morgan fingerprint density at radius 3 is 2.11 bits per heavy atom. The smallest absolute Gasteiger partial charge is 0.130 e. The molecule has 0 fully saturated rings. The van der Waals surface area contributed by atoms with E-state index in [1.807, 2.05) is 61.5 Å². The maximum Gasteiger partial charge on any atom is 0.130 e. The minimum atomic E-state index is -0.00972. The summed E-state index contributed by atoms with van der Waals surface area (Å²) in [5.41, 5.74) is 0. The Morgan fingerprint density at radius 2 is 1.47 bits per heavy atom. The van der Waals surface area contributed by atoms with E-state index in [1.54, 1.807) is 7.11 Å². The standard InChI is InChI=1S/C16H18O3/c1-13(19-16-6-4-3-5-7-16)12-18-15-10-8-14(17-2)9-11-15/h3-11,13H,12H2,1-2H3. The van der Waals surface area contributed by atoms with Crippen molar-refractivity contribution < 1.29 is 14.2 Å². The van der Waals surface area contributed by atoms with E-state index in [4.69, 9.17) is 14.2 Å². The minimum absolute atomic E-state index is 0.00972. The average Bonchev–Trinajstić information content (AvgIpc) is 2.47. The van der Waals surface area contributed by atoms with E-state index >= 15 is 0 Å². The van der Waals surface area contributed by atoms with E-state index in [0.29, 0.717) is 6.61 Å². The molecule has 3 nitrogen and oxygen atoms in total. The van der Waals surface area contributed by atoms with Crippen LogP contribution in [0.1, 0.15) is 6.92 Å². The highest BCUT2D eigenvalue weighted by Gasteiger charge is 2.05. The van der Waals surface area contributed by atoms with Gasteiger partial charge in [-0.15, -0.1) is 0 Å². The molecule has 0 saturated carbocycles. The third-order valence-electron chi connectivity index (χ3n) is 2.62. The highest BCUT2D eigenvalue weighted by molar-refractivity contribution is 5.31. The molecule has 1 atom stereocenters. The Labute approximate surface area is 113 Å². The van der Waals surface area contributed by atoms with E-state index in [9.17, 15) is 0 Å². The zero-order valence-corrected chi connectivity index (χ0v) is 11.2. The summed E-state index contributed by atoms with van der Waals surface area (Å²) < 4.78 is 16.5. The molecule has 0 aliphatic carbocycles. The predicted molar refractivity (Wildman–Crippen MR) is 75.0 cm³/mol. The largest absolute Gasteiger partial charge is 0.497 e. The molecule has 2 rings (SSSR count). The number of hydrogen-bond donors (Lipinski definition) is 0. The van der Waals surface area contributed by atoms with Crippen molar-refractivity contribution in [3.63, 3.8) is 0 Å². The lowest BCUT2D eigenvalue weighted by Crippen LogP contribution is -2.20.